The lowest BCUT2D eigenvalue weighted by atomic mass is 10.0. The van der Waals surface area contributed by atoms with Gasteiger partial charge >= 0.3 is 0 Å². The number of benzene rings is 1. The summed E-state index contributed by atoms with van der Waals surface area (Å²) in [6.07, 6.45) is 4.87. The van der Waals surface area contributed by atoms with Crippen LogP contribution in [0.3, 0.4) is 0 Å². The summed E-state index contributed by atoms with van der Waals surface area (Å²) in [5.74, 6) is 0.673. The van der Waals surface area contributed by atoms with Gasteiger partial charge in [0, 0.05) is 24.4 Å². The summed E-state index contributed by atoms with van der Waals surface area (Å²) in [6, 6.07) is 6.29. The third-order valence-corrected chi connectivity index (χ3v) is 5.29. The van der Waals surface area contributed by atoms with Crippen molar-refractivity contribution in [1.29, 1.82) is 0 Å². The first kappa shape index (κ1) is 16.3. The zero-order valence-corrected chi connectivity index (χ0v) is 14.6. The van der Waals surface area contributed by atoms with Gasteiger partial charge in [0.15, 0.2) is 0 Å². The number of hydrogen-bond donors (Lipinski definition) is 1. The maximum Gasteiger partial charge on any atom is 0.273 e. The number of carbonyl (C=O) groups excluding carboxylic acids is 1. The molecule has 0 aliphatic carbocycles. The van der Waals surface area contributed by atoms with Crippen molar-refractivity contribution in [2.75, 3.05) is 13.1 Å². The molecule has 1 unspecified atom stereocenters. The lowest BCUT2D eigenvalue weighted by Gasteiger charge is -2.27. The van der Waals surface area contributed by atoms with Gasteiger partial charge in [-0.25, -0.2) is 0 Å². The summed E-state index contributed by atoms with van der Waals surface area (Å²) in [7, 11) is 0. The number of piperidine rings is 1. The molecule has 3 heterocycles. The Bertz CT molecular complexity index is 722. The Morgan fingerprint density at radius 2 is 2.12 bits per heavy atom. The topological polar surface area (TPSA) is 66.3 Å². The molecular weight excluding hydrogens is 316 g/mol. The summed E-state index contributed by atoms with van der Waals surface area (Å²) in [6.45, 7) is 5.62. The molecule has 1 N–H and O–H groups in total. The number of nitrogens with zero attached hydrogens (tertiary/aromatic N) is 3. The fraction of sp³-hybridized carbons (Fsp3) is 0.526. The number of hydrogen-bond acceptors (Lipinski definition) is 5. The first-order valence-electron chi connectivity index (χ1n) is 9.14. The van der Waals surface area contributed by atoms with E-state index in [-0.39, 0.29) is 17.9 Å². The van der Waals surface area contributed by atoms with Crippen LogP contribution in [0.4, 0.5) is 0 Å². The normalized spacial score (nSPS) is 23.6. The van der Waals surface area contributed by atoms with Crippen LogP contribution in [0.15, 0.2) is 40.3 Å². The molecule has 1 fully saturated rings. The van der Waals surface area contributed by atoms with Crippen molar-refractivity contribution >= 4 is 5.91 Å². The summed E-state index contributed by atoms with van der Waals surface area (Å²) < 4.78 is 6.31. The van der Waals surface area contributed by atoms with E-state index < -0.39 is 0 Å². The number of fused-ring (bicyclic) bond motifs is 1. The van der Waals surface area contributed by atoms with Gasteiger partial charge in [0.25, 0.3) is 5.91 Å². The zero-order chi connectivity index (χ0) is 17.2. The van der Waals surface area contributed by atoms with Gasteiger partial charge in [0.2, 0.25) is 0 Å². The van der Waals surface area contributed by atoms with E-state index in [1.165, 1.54) is 11.1 Å². The van der Waals surface area contributed by atoms with Gasteiger partial charge in [0.05, 0.1) is 12.1 Å². The molecule has 6 heteroatoms. The molecule has 6 nitrogen and oxygen atoms in total. The molecule has 1 atom stereocenters. The Labute approximate surface area is 148 Å². The summed E-state index contributed by atoms with van der Waals surface area (Å²) in [4.78, 5) is 14.3. The predicted octanol–water partition coefficient (Wildman–Crippen LogP) is 2.99. The third kappa shape index (κ3) is 3.18. The quantitative estimate of drug-likeness (QED) is 0.915. The smallest absolute Gasteiger partial charge is 0.273 e. The highest BCUT2D eigenvalue weighted by atomic mass is 16.5. The fourth-order valence-electron chi connectivity index (χ4n) is 3.89. The molecule has 3 aliphatic rings. The summed E-state index contributed by atoms with van der Waals surface area (Å²) >= 11 is 0. The van der Waals surface area contributed by atoms with Gasteiger partial charge in [0.1, 0.15) is 11.9 Å². The SMILES string of the molecule is CCC1C(=O)N=NC=C1N1Cc2cccc(OC3CCNCC3)c2C1. The number of carbonyl (C=O) groups is 1. The van der Waals surface area contributed by atoms with E-state index in [2.05, 4.69) is 38.6 Å². The van der Waals surface area contributed by atoms with E-state index in [1.54, 1.807) is 6.20 Å². The van der Waals surface area contributed by atoms with Crippen LogP contribution >= 0.6 is 0 Å². The second-order valence-electron chi connectivity index (χ2n) is 6.89. The van der Waals surface area contributed by atoms with Crippen molar-refractivity contribution in [1.82, 2.24) is 10.2 Å². The van der Waals surface area contributed by atoms with E-state index >= 15 is 0 Å². The molecule has 3 aliphatic heterocycles. The average molecular weight is 340 g/mol. The van der Waals surface area contributed by atoms with E-state index in [0.29, 0.717) is 0 Å². The van der Waals surface area contributed by atoms with E-state index in [4.69, 9.17) is 4.74 Å². The molecule has 0 spiro atoms. The molecule has 4 rings (SSSR count). The van der Waals surface area contributed by atoms with Crippen molar-refractivity contribution in [2.45, 2.75) is 45.4 Å². The zero-order valence-electron chi connectivity index (χ0n) is 14.6. The second kappa shape index (κ2) is 6.96. The van der Waals surface area contributed by atoms with Crippen molar-refractivity contribution in [3.63, 3.8) is 0 Å². The monoisotopic (exact) mass is 340 g/mol. The van der Waals surface area contributed by atoms with E-state index in [9.17, 15) is 4.79 Å². The Hall–Kier alpha value is -2.21. The minimum atomic E-state index is -0.180. The fourth-order valence-corrected chi connectivity index (χ4v) is 3.89. The minimum absolute atomic E-state index is 0.137. The third-order valence-electron chi connectivity index (χ3n) is 5.29. The van der Waals surface area contributed by atoms with Gasteiger partial charge in [-0.15, -0.1) is 5.11 Å². The molecule has 1 aromatic rings. The molecule has 1 aromatic carbocycles. The van der Waals surface area contributed by atoms with Crippen LogP contribution in [0, 0.1) is 5.92 Å². The molecule has 0 bridgehead atoms. The Morgan fingerprint density at radius 1 is 1.28 bits per heavy atom. The molecule has 0 radical (unpaired) electrons. The van der Waals surface area contributed by atoms with Crippen LogP contribution in [0.2, 0.25) is 0 Å². The van der Waals surface area contributed by atoms with E-state index in [1.807, 2.05) is 6.92 Å². The lowest BCUT2D eigenvalue weighted by molar-refractivity contribution is -0.122. The van der Waals surface area contributed by atoms with Crippen LogP contribution in [0.5, 0.6) is 5.75 Å². The van der Waals surface area contributed by atoms with Crippen molar-refractivity contribution in [3.8, 4) is 5.75 Å². The second-order valence-corrected chi connectivity index (χ2v) is 6.89. The highest BCUT2D eigenvalue weighted by Gasteiger charge is 2.32. The van der Waals surface area contributed by atoms with Gasteiger partial charge in [-0.2, -0.15) is 5.11 Å². The van der Waals surface area contributed by atoms with Crippen LogP contribution in [0.25, 0.3) is 0 Å². The lowest BCUT2D eigenvalue weighted by Crippen LogP contribution is -2.34. The molecule has 1 saturated heterocycles. The molecular formula is C19H24N4O2. The Morgan fingerprint density at radius 3 is 2.92 bits per heavy atom. The maximum atomic E-state index is 12.0. The average Bonchev–Trinajstić information content (AvgIpc) is 3.07. The van der Waals surface area contributed by atoms with Crippen LogP contribution in [-0.4, -0.2) is 30.0 Å². The van der Waals surface area contributed by atoms with Gasteiger partial charge < -0.3 is 15.0 Å². The largest absolute Gasteiger partial charge is 0.490 e. The van der Waals surface area contributed by atoms with Crippen molar-refractivity contribution in [2.24, 2.45) is 16.1 Å². The first-order chi connectivity index (χ1) is 12.3. The number of amides is 1. The molecule has 25 heavy (non-hydrogen) atoms. The Kier molecular flexibility index (Phi) is 4.53. The van der Waals surface area contributed by atoms with E-state index in [0.717, 1.165) is 56.9 Å². The number of ether oxygens (including phenoxy) is 1. The van der Waals surface area contributed by atoms with Gasteiger partial charge in [-0.05, 0) is 44.0 Å². The van der Waals surface area contributed by atoms with Crippen LogP contribution < -0.4 is 10.1 Å². The number of nitrogens with one attached hydrogen (secondary N) is 1. The van der Waals surface area contributed by atoms with Crippen molar-refractivity contribution < 1.29 is 9.53 Å². The molecule has 0 aromatic heterocycles. The number of rotatable bonds is 4. The Balaban J connectivity index is 1.54. The molecule has 132 valence electrons. The standard InChI is InChI=1S/C19H24N4O2/c1-2-15-17(10-21-22-19(15)24)23-11-13-4-3-5-18(16(13)12-23)25-14-6-8-20-9-7-14/h3-5,10,14-15,20H,2,6-9,11-12H2,1H3. The molecule has 0 saturated carbocycles. The summed E-state index contributed by atoms with van der Waals surface area (Å²) in [5, 5.41) is 11.0. The predicted molar refractivity (Wildman–Crippen MR) is 93.9 cm³/mol. The summed E-state index contributed by atoms with van der Waals surface area (Å²) in [5.41, 5.74) is 3.50. The first-order valence-corrected chi connectivity index (χ1v) is 9.14. The highest BCUT2D eigenvalue weighted by Crippen LogP contribution is 2.37. The highest BCUT2D eigenvalue weighted by molar-refractivity contribution is 5.82. The van der Waals surface area contributed by atoms with Crippen LogP contribution in [0.1, 0.15) is 37.3 Å². The molecule has 1 amide bonds. The van der Waals surface area contributed by atoms with Crippen LogP contribution in [-0.2, 0) is 17.9 Å². The number of azo groups is 1. The van der Waals surface area contributed by atoms with Crippen molar-refractivity contribution in [3.05, 3.63) is 41.2 Å². The van der Waals surface area contributed by atoms with Gasteiger partial charge in [-0.3, -0.25) is 4.79 Å². The minimum Gasteiger partial charge on any atom is -0.490 e. The van der Waals surface area contributed by atoms with Gasteiger partial charge in [-0.1, -0.05) is 19.1 Å². The maximum absolute atomic E-state index is 12.0.